The van der Waals surface area contributed by atoms with Gasteiger partial charge in [0.1, 0.15) is 11.9 Å². The Labute approximate surface area is 209 Å². The zero-order valence-electron chi connectivity index (χ0n) is 23.2. The van der Waals surface area contributed by atoms with E-state index in [4.69, 9.17) is 9.47 Å². The third-order valence-corrected chi connectivity index (χ3v) is 7.71. The quantitative estimate of drug-likeness (QED) is 0.202. The SMILES string of the molecule is CCCCCCCCCCCCOc1ccc(C(=O)OC2CC(C)(C)N(C)C(C)(C)C2)cc1C. The van der Waals surface area contributed by atoms with Crippen molar-refractivity contribution in [1.29, 1.82) is 0 Å². The maximum absolute atomic E-state index is 12.9. The second kappa shape index (κ2) is 13.5. The average Bonchev–Trinajstić information content (AvgIpc) is 2.76. The number of piperidine rings is 1. The molecule has 1 heterocycles. The summed E-state index contributed by atoms with van der Waals surface area (Å²) >= 11 is 0. The van der Waals surface area contributed by atoms with E-state index in [0.717, 1.165) is 37.2 Å². The molecule has 4 nitrogen and oxygen atoms in total. The number of nitrogens with zero attached hydrogens (tertiary/aromatic N) is 1. The second-order valence-corrected chi connectivity index (χ2v) is 11.6. The molecule has 0 amide bonds. The third-order valence-electron chi connectivity index (χ3n) is 7.71. The lowest BCUT2D eigenvalue weighted by Crippen LogP contribution is -2.60. The number of carbonyl (C=O) groups is 1. The van der Waals surface area contributed by atoms with Crippen LogP contribution in [0, 0.1) is 6.92 Å². The van der Waals surface area contributed by atoms with E-state index in [2.05, 4.69) is 46.6 Å². The van der Waals surface area contributed by atoms with Crippen LogP contribution in [0.4, 0.5) is 0 Å². The van der Waals surface area contributed by atoms with Gasteiger partial charge in [-0.2, -0.15) is 0 Å². The lowest BCUT2D eigenvalue weighted by Gasteiger charge is -2.53. The van der Waals surface area contributed by atoms with Crippen LogP contribution in [0.25, 0.3) is 0 Å². The highest BCUT2D eigenvalue weighted by Crippen LogP contribution is 2.38. The molecule has 0 atom stereocenters. The molecule has 1 fully saturated rings. The molecule has 0 aromatic heterocycles. The first-order chi connectivity index (χ1) is 16.1. The number of hydrogen-bond acceptors (Lipinski definition) is 4. The highest BCUT2D eigenvalue weighted by molar-refractivity contribution is 5.90. The van der Waals surface area contributed by atoms with Crippen molar-refractivity contribution in [2.45, 2.75) is 136 Å². The van der Waals surface area contributed by atoms with Crippen molar-refractivity contribution in [3.8, 4) is 5.75 Å². The van der Waals surface area contributed by atoms with E-state index in [9.17, 15) is 4.79 Å². The van der Waals surface area contributed by atoms with Gasteiger partial charge >= 0.3 is 5.97 Å². The average molecular weight is 474 g/mol. The Balaban J connectivity index is 1.72. The number of hydrogen-bond donors (Lipinski definition) is 0. The summed E-state index contributed by atoms with van der Waals surface area (Å²) in [6.07, 6.45) is 14.8. The number of ether oxygens (including phenoxy) is 2. The molecule has 1 aromatic carbocycles. The Morgan fingerprint density at radius 3 is 1.97 bits per heavy atom. The number of carbonyl (C=O) groups excluding carboxylic acids is 1. The molecule has 0 radical (unpaired) electrons. The van der Waals surface area contributed by atoms with Crippen molar-refractivity contribution >= 4 is 5.97 Å². The molecule has 194 valence electrons. The fourth-order valence-electron chi connectivity index (χ4n) is 5.29. The molecule has 1 saturated heterocycles. The smallest absolute Gasteiger partial charge is 0.338 e. The first-order valence-corrected chi connectivity index (χ1v) is 13.7. The van der Waals surface area contributed by atoms with Crippen LogP contribution in [0.2, 0.25) is 0 Å². The molecule has 0 spiro atoms. The molecule has 1 aliphatic rings. The van der Waals surface area contributed by atoms with E-state index in [1.807, 2.05) is 25.1 Å². The van der Waals surface area contributed by atoms with E-state index in [-0.39, 0.29) is 23.2 Å². The Kier molecular flexibility index (Phi) is 11.4. The standard InChI is InChI=1S/C30H51NO3/c1-8-9-10-11-12-13-14-15-16-17-20-33-27-19-18-25(21-24(27)2)28(32)34-26-22-29(3,4)31(7)30(5,6)23-26/h18-19,21,26H,8-17,20,22-23H2,1-7H3. The Morgan fingerprint density at radius 1 is 0.912 bits per heavy atom. The summed E-state index contributed by atoms with van der Waals surface area (Å²) in [5.41, 5.74) is 1.59. The summed E-state index contributed by atoms with van der Waals surface area (Å²) < 4.78 is 12.0. The molecular formula is C30H51NO3. The van der Waals surface area contributed by atoms with Gasteiger partial charge in [0.15, 0.2) is 0 Å². The van der Waals surface area contributed by atoms with Gasteiger partial charge in [-0.25, -0.2) is 4.79 Å². The summed E-state index contributed by atoms with van der Waals surface area (Å²) in [5, 5.41) is 0. The van der Waals surface area contributed by atoms with Crippen LogP contribution < -0.4 is 4.74 Å². The molecule has 1 aliphatic heterocycles. The minimum absolute atomic E-state index is 0.00502. The third kappa shape index (κ3) is 8.91. The molecular weight excluding hydrogens is 422 g/mol. The normalized spacial score (nSPS) is 18.1. The Morgan fingerprint density at radius 2 is 1.44 bits per heavy atom. The number of likely N-dealkylation sites (tertiary alicyclic amines) is 1. The van der Waals surface area contributed by atoms with Gasteiger partial charge in [0, 0.05) is 23.9 Å². The van der Waals surface area contributed by atoms with Crippen LogP contribution in [-0.2, 0) is 4.74 Å². The summed E-state index contributed by atoms with van der Waals surface area (Å²) in [7, 11) is 2.16. The van der Waals surface area contributed by atoms with Crippen LogP contribution in [0.1, 0.15) is 128 Å². The molecule has 0 bridgehead atoms. The second-order valence-electron chi connectivity index (χ2n) is 11.6. The lowest BCUT2D eigenvalue weighted by atomic mass is 9.79. The highest BCUT2D eigenvalue weighted by Gasteiger charge is 2.44. The fourth-order valence-corrected chi connectivity index (χ4v) is 5.29. The molecule has 0 saturated carbocycles. The van der Waals surface area contributed by atoms with Crippen LogP contribution in [0.5, 0.6) is 5.75 Å². The van der Waals surface area contributed by atoms with Gasteiger partial charge in [-0.3, -0.25) is 4.90 Å². The molecule has 0 N–H and O–H groups in total. The van der Waals surface area contributed by atoms with E-state index in [1.165, 1.54) is 57.8 Å². The van der Waals surface area contributed by atoms with Gasteiger partial charge in [-0.05, 0) is 71.8 Å². The summed E-state index contributed by atoms with van der Waals surface area (Å²) in [4.78, 5) is 15.3. The Hall–Kier alpha value is -1.55. The number of esters is 1. The van der Waals surface area contributed by atoms with Crippen LogP contribution in [0.3, 0.4) is 0 Å². The van der Waals surface area contributed by atoms with Crippen molar-refractivity contribution in [2.75, 3.05) is 13.7 Å². The first kappa shape index (κ1) is 28.7. The summed E-state index contributed by atoms with van der Waals surface area (Å²) in [5.74, 6) is 0.638. The largest absolute Gasteiger partial charge is 0.493 e. The maximum Gasteiger partial charge on any atom is 0.338 e. The molecule has 2 rings (SSSR count). The number of aryl methyl sites for hydroxylation is 1. The van der Waals surface area contributed by atoms with E-state index in [0.29, 0.717) is 5.56 Å². The zero-order valence-corrected chi connectivity index (χ0v) is 23.2. The Bertz CT molecular complexity index is 737. The van der Waals surface area contributed by atoms with Gasteiger partial charge in [0.05, 0.1) is 12.2 Å². The lowest BCUT2D eigenvalue weighted by molar-refractivity contribution is -0.0732. The van der Waals surface area contributed by atoms with E-state index < -0.39 is 0 Å². The van der Waals surface area contributed by atoms with Crippen molar-refractivity contribution in [2.24, 2.45) is 0 Å². The minimum Gasteiger partial charge on any atom is -0.493 e. The van der Waals surface area contributed by atoms with Crippen molar-refractivity contribution < 1.29 is 14.3 Å². The highest BCUT2D eigenvalue weighted by atomic mass is 16.5. The van der Waals surface area contributed by atoms with Gasteiger partial charge < -0.3 is 9.47 Å². The van der Waals surface area contributed by atoms with Gasteiger partial charge in [0.25, 0.3) is 0 Å². The van der Waals surface area contributed by atoms with Crippen LogP contribution in [-0.4, -0.2) is 41.7 Å². The van der Waals surface area contributed by atoms with Crippen LogP contribution in [0.15, 0.2) is 18.2 Å². The number of unbranched alkanes of at least 4 members (excludes halogenated alkanes) is 9. The van der Waals surface area contributed by atoms with Gasteiger partial charge in [0.2, 0.25) is 0 Å². The maximum atomic E-state index is 12.9. The van der Waals surface area contributed by atoms with E-state index >= 15 is 0 Å². The minimum atomic E-state index is -0.231. The van der Waals surface area contributed by atoms with Crippen molar-refractivity contribution in [3.05, 3.63) is 29.3 Å². The van der Waals surface area contributed by atoms with E-state index in [1.54, 1.807) is 0 Å². The number of benzene rings is 1. The zero-order chi connectivity index (χ0) is 25.2. The van der Waals surface area contributed by atoms with Crippen LogP contribution >= 0.6 is 0 Å². The molecule has 0 aliphatic carbocycles. The van der Waals surface area contributed by atoms with Gasteiger partial charge in [-0.1, -0.05) is 64.7 Å². The molecule has 1 aromatic rings. The van der Waals surface area contributed by atoms with Crippen molar-refractivity contribution in [3.63, 3.8) is 0 Å². The monoisotopic (exact) mass is 473 g/mol. The van der Waals surface area contributed by atoms with Crippen molar-refractivity contribution in [1.82, 2.24) is 4.90 Å². The fraction of sp³-hybridized carbons (Fsp3) is 0.767. The summed E-state index contributed by atoms with van der Waals surface area (Å²) in [6, 6.07) is 5.67. The summed E-state index contributed by atoms with van der Waals surface area (Å²) in [6.45, 7) is 13.9. The predicted octanol–water partition coefficient (Wildman–Crippen LogP) is 8.10. The number of rotatable bonds is 14. The molecule has 4 heteroatoms. The molecule has 0 unspecified atom stereocenters. The topological polar surface area (TPSA) is 38.8 Å². The molecule has 34 heavy (non-hydrogen) atoms. The van der Waals surface area contributed by atoms with Gasteiger partial charge in [-0.15, -0.1) is 0 Å². The predicted molar refractivity (Wildman–Crippen MR) is 143 cm³/mol. The first-order valence-electron chi connectivity index (χ1n) is 13.7.